The van der Waals surface area contributed by atoms with Crippen molar-refractivity contribution in [2.75, 3.05) is 17.3 Å². The van der Waals surface area contributed by atoms with Gasteiger partial charge in [-0.3, -0.25) is 4.40 Å². The van der Waals surface area contributed by atoms with Crippen LogP contribution in [0.3, 0.4) is 0 Å². The fourth-order valence-electron chi connectivity index (χ4n) is 1.90. The lowest BCUT2D eigenvalue weighted by Crippen LogP contribution is -2.33. The Labute approximate surface area is 101 Å². The lowest BCUT2D eigenvalue weighted by atomic mass is 10.3. The molecule has 86 valence electrons. The number of nitrogens with zero attached hydrogens (tertiary/aromatic N) is 3. The van der Waals surface area contributed by atoms with Gasteiger partial charge >= 0.3 is 0 Å². The highest BCUT2D eigenvalue weighted by Gasteiger charge is 2.12. The SMILES string of the molecule is CC(C)N(CCCl)c1cccc2nccn12. The van der Waals surface area contributed by atoms with E-state index in [1.54, 1.807) is 0 Å². The van der Waals surface area contributed by atoms with Gasteiger partial charge in [0.1, 0.15) is 11.5 Å². The molecule has 0 saturated carbocycles. The quantitative estimate of drug-likeness (QED) is 0.763. The summed E-state index contributed by atoms with van der Waals surface area (Å²) in [6.07, 6.45) is 3.80. The topological polar surface area (TPSA) is 20.5 Å². The number of pyridine rings is 1. The summed E-state index contributed by atoms with van der Waals surface area (Å²) in [5, 5.41) is 0. The second-order valence-electron chi connectivity index (χ2n) is 4.02. The molecule has 0 amide bonds. The Morgan fingerprint density at radius 1 is 1.44 bits per heavy atom. The molecular weight excluding hydrogens is 222 g/mol. The molecule has 4 heteroatoms. The van der Waals surface area contributed by atoms with Gasteiger partial charge in [0.2, 0.25) is 0 Å². The van der Waals surface area contributed by atoms with E-state index in [1.165, 1.54) is 0 Å². The van der Waals surface area contributed by atoms with Gasteiger partial charge in [0.05, 0.1) is 0 Å². The molecule has 0 aliphatic rings. The molecule has 0 fully saturated rings. The molecule has 16 heavy (non-hydrogen) atoms. The fraction of sp³-hybridized carbons (Fsp3) is 0.417. The third-order valence-corrected chi connectivity index (χ3v) is 2.82. The first kappa shape index (κ1) is 11.3. The van der Waals surface area contributed by atoms with E-state index in [2.05, 4.69) is 34.2 Å². The van der Waals surface area contributed by atoms with Gasteiger partial charge in [-0.05, 0) is 26.0 Å². The maximum absolute atomic E-state index is 5.85. The van der Waals surface area contributed by atoms with Crippen molar-refractivity contribution < 1.29 is 0 Å². The van der Waals surface area contributed by atoms with Crippen molar-refractivity contribution in [1.82, 2.24) is 9.38 Å². The van der Waals surface area contributed by atoms with E-state index in [0.717, 1.165) is 18.0 Å². The predicted molar refractivity (Wildman–Crippen MR) is 68.4 cm³/mol. The minimum Gasteiger partial charge on any atom is -0.354 e. The Hall–Kier alpha value is -1.22. The molecule has 0 aliphatic carbocycles. The van der Waals surface area contributed by atoms with E-state index in [9.17, 15) is 0 Å². The Bertz CT molecular complexity index is 464. The van der Waals surface area contributed by atoms with E-state index in [-0.39, 0.29) is 0 Å². The largest absolute Gasteiger partial charge is 0.354 e. The zero-order chi connectivity index (χ0) is 11.5. The zero-order valence-corrected chi connectivity index (χ0v) is 10.4. The number of hydrogen-bond donors (Lipinski definition) is 0. The molecule has 2 aromatic rings. The highest BCUT2D eigenvalue weighted by molar-refractivity contribution is 6.18. The minimum atomic E-state index is 0.423. The molecule has 0 unspecified atom stereocenters. The number of fused-ring (bicyclic) bond motifs is 1. The van der Waals surface area contributed by atoms with Crippen LogP contribution >= 0.6 is 11.6 Å². The Kier molecular flexibility index (Phi) is 3.34. The molecule has 0 aliphatic heterocycles. The predicted octanol–water partition coefficient (Wildman–Crippen LogP) is 2.79. The van der Waals surface area contributed by atoms with Gasteiger partial charge in [-0.15, -0.1) is 11.6 Å². The molecule has 0 spiro atoms. The second-order valence-corrected chi connectivity index (χ2v) is 4.39. The van der Waals surface area contributed by atoms with Gasteiger partial charge in [0.15, 0.2) is 0 Å². The van der Waals surface area contributed by atoms with Crippen LogP contribution in [0.25, 0.3) is 5.65 Å². The number of anilines is 1. The molecular formula is C12H16ClN3. The maximum atomic E-state index is 5.85. The van der Waals surface area contributed by atoms with Gasteiger partial charge in [0, 0.05) is 30.9 Å². The normalized spacial score (nSPS) is 11.2. The van der Waals surface area contributed by atoms with Crippen LogP contribution in [0.2, 0.25) is 0 Å². The molecule has 0 aromatic carbocycles. The average Bonchev–Trinajstić information content (AvgIpc) is 2.73. The van der Waals surface area contributed by atoms with E-state index in [1.807, 2.05) is 24.5 Å². The molecule has 0 atom stereocenters. The summed E-state index contributed by atoms with van der Waals surface area (Å²) in [7, 11) is 0. The van der Waals surface area contributed by atoms with Crippen LogP contribution in [0, 0.1) is 0 Å². The first-order chi connectivity index (χ1) is 7.74. The number of halogens is 1. The highest BCUT2D eigenvalue weighted by Crippen LogP contribution is 2.18. The number of rotatable bonds is 4. The molecule has 2 rings (SSSR count). The third kappa shape index (κ3) is 2.00. The standard InChI is InChI=1S/C12H16ClN3/c1-10(2)15(8-6-13)12-5-3-4-11-14-7-9-16(11)12/h3-5,7,9-10H,6,8H2,1-2H3. The molecule has 0 N–H and O–H groups in total. The monoisotopic (exact) mass is 237 g/mol. The van der Waals surface area contributed by atoms with Crippen molar-refractivity contribution in [1.29, 1.82) is 0 Å². The van der Waals surface area contributed by atoms with Crippen LogP contribution in [0.1, 0.15) is 13.8 Å². The van der Waals surface area contributed by atoms with Crippen LogP contribution in [0.5, 0.6) is 0 Å². The Morgan fingerprint density at radius 3 is 2.94 bits per heavy atom. The Balaban J connectivity index is 2.47. The molecule has 3 nitrogen and oxygen atoms in total. The summed E-state index contributed by atoms with van der Waals surface area (Å²) in [6.45, 7) is 5.18. The molecule has 2 heterocycles. The van der Waals surface area contributed by atoms with E-state index in [0.29, 0.717) is 11.9 Å². The van der Waals surface area contributed by atoms with Gasteiger partial charge in [-0.1, -0.05) is 6.07 Å². The van der Waals surface area contributed by atoms with E-state index in [4.69, 9.17) is 11.6 Å². The van der Waals surface area contributed by atoms with Crippen LogP contribution in [-0.4, -0.2) is 27.9 Å². The lowest BCUT2D eigenvalue weighted by molar-refractivity contribution is 0.691. The number of aromatic nitrogens is 2. The van der Waals surface area contributed by atoms with Gasteiger partial charge in [-0.25, -0.2) is 4.98 Å². The fourth-order valence-corrected chi connectivity index (χ4v) is 2.08. The van der Waals surface area contributed by atoms with Crippen molar-refractivity contribution in [3.63, 3.8) is 0 Å². The molecule has 0 saturated heterocycles. The van der Waals surface area contributed by atoms with Crippen LogP contribution in [0.4, 0.5) is 5.82 Å². The van der Waals surface area contributed by atoms with Gasteiger partial charge < -0.3 is 4.90 Å². The zero-order valence-electron chi connectivity index (χ0n) is 9.60. The summed E-state index contributed by atoms with van der Waals surface area (Å²) in [5.74, 6) is 1.77. The minimum absolute atomic E-state index is 0.423. The molecule has 2 aromatic heterocycles. The van der Waals surface area contributed by atoms with Crippen LogP contribution in [0.15, 0.2) is 30.6 Å². The van der Waals surface area contributed by atoms with Gasteiger partial charge in [0.25, 0.3) is 0 Å². The van der Waals surface area contributed by atoms with Crippen LogP contribution < -0.4 is 4.90 Å². The summed E-state index contributed by atoms with van der Waals surface area (Å²) < 4.78 is 2.09. The van der Waals surface area contributed by atoms with E-state index >= 15 is 0 Å². The van der Waals surface area contributed by atoms with Crippen molar-refractivity contribution in [3.8, 4) is 0 Å². The van der Waals surface area contributed by atoms with E-state index < -0.39 is 0 Å². The Morgan fingerprint density at radius 2 is 2.25 bits per heavy atom. The highest BCUT2D eigenvalue weighted by atomic mass is 35.5. The number of hydrogen-bond acceptors (Lipinski definition) is 2. The lowest BCUT2D eigenvalue weighted by Gasteiger charge is -2.28. The first-order valence-electron chi connectivity index (χ1n) is 5.48. The maximum Gasteiger partial charge on any atom is 0.138 e. The summed E-state index contributed by atoms with van der Waals surface area (Å²) in [4.78, 5) is 6.56. The van der Waals surface area contributed by atoms with Crippen molar-refractivity contribution >= 4 is 23.1 Å². The van der Waals surface area contributed by atoms with Crippen LogP contribution in [-0.2, 0) is 0 Å². The van der Waals surface area contributed by atoms with Crippen molar-refractivity contribution in [2.24, 2.45) is 0 Å². The second kappa shape index (κ2) is 4.74. The molecule has 0 radical (unpaired) electrons. The molecule has 0 bridgehead atoms. The smallest absolute Gasteiger partial charge is 0.138 e. The number of alkyl halides is 1. The van der Waals surface area contributed by atoms with Crippen molar-refractivity contribution in [2.45, 2.75) is 19.9 Å². The third-order valence-electron chi connectivity index (χ3n) is 2.65. The first-order valence-corrected chi connectivity index (χ1v) is 6.02. The number of imidazole rings is 1. The average molecular weight is 238 g/mol. The summed E-state index contributed by atoms with van der Waals surface area (Å²) in [6, 6.07) is 6.55. The van der Waals surface area contributed by atoms with Crippen molar-refractivity contribution in [3.05, 3.63) is 30.6 Å². The summed E-state index contributed by atoms with van der Waals surface area (Å²) >= 11 is 5.85. The van der Waals surface area contributed by atoms with Gasteiger partial charge in [-0.2, -0.15) is 0 Å². The summed E-state index contributed by atoms with van der Waals surface area (Å²) in [5.41, 5.74) is 0.970.